The van der Waals surface area contributed by atoms with E-state index in [4.69, 9.17) is 4.99 Å². The first-order valence-corrected chi connectivity index (χ1v) is 10.8. The summed E-state index contributed by atoms with van der Waals surface area (Å²) in [7, 11) is 3.55. The molecule has 0 aliphatic carbocycles. The third-order valence-electron chi connectivity index (χ3n) is 5.70. The maximum atomic E-state index is 12.2. The number of aromatic nitrogens is 2. The van der Waals surface area contributed by atoms with Gasteiger partial charge in [-0.1, -0.05) is 19.1 Å². The number of rotatable bonds is 6. The monoisotopic (exact) mass is 410 g/mol. The van der Waals surface area contributed by atoms with Gasteiger partial charge in [-0.05, 0) is 43.4 Å². The summed E-state index contributed by atoms with van der Waals surface area (Å²) in [6.07, 6.45) is 7.74. The van der Waals surface area contributed by atoms with Crippen LogP contribution in [-0.4, -0.2) is 71.5 Å². The van der Waals surface area contributed by atoms with Crippen LogP contribution in [0.5, 0.6) is 0 Å². The molecule has 30 heavy (non-hydrogen) atoms. The number of carbonyl (C=O) groups excluding carboxylic acids is 1. The van der Waals surface area contributed by atoms with Crippen molar-refractivity contribution >= 4 is 11.9 Å². The molecule has 7 heteroatoms. The molecule has 3 rings (SSSR count). The van der Waals surface area contributed by atoms with E-state index in [0.717, 1.165) is 49.6 Å². The molecular weight excluding hydrogens is 376 g/mol. The van der Waals surface area contributed by atoms with Crippen molar-refractivity contribution in [1.82, 2.24) is 24.7 Å². The molecule has 2 unspecified atom stereocenters. The maximum absolute atomic E-state index is 12.2. The van der Waals surface area contributed by atoms with Crippen LogP contribution < -0.4 is 5.32 Å². The number of likely N-dealkylation sites (tertiary alicyclic amines) is 1. The summed E-state index contributed by atoms with van der Waals surface area (Å²) in [5.41, 5.74) is 1.85. The van der Waals surface area contributed by atoms with Crippen molar-refractivity contribution < 1.29 is 4.79 Å². The number of benzene rings is 1. The molecule has 0 bridgehead atoms. The molecular formula is C23H34N6O. The molecule has 1 saturated heterocycles. The van der Waals surface area contributed by atoms with E-state index in [-0.39, 0.29) is 5.91 Å². The van der Waals surface area contributed by atoms with Gasteiger partial charge in [-0.2, -0.15) is 0 Å². The summed E-state index contributed by atoms with van der Waals surface area (Å²) in [5, 5.41) is 3.45. The Balaban J connectivity index is 1.66. The quantitative estimate of drug-likeness (QED) is 0.587. The molecule has 1 aliphatic heterocycles. The molecule has 1 aromatic heterocycles. The van der Waals surface area contributed by atoms with Gasteiger partial charge in [-0.15, -0.1) is 0 Å². The Hall–Kier alpha value is -2.83. The molecule has 2 heterocycles. The third-order valence-corrected chi connectivity index (χ3v) is 5.70. The molecule has 0 radical (unpaired) electrons. The van der Waals surface area contributed by atoms with Gasteiger partial charge in [0.05, 0.1) is 12.4 Å². The average molecular weight is 411 g/mol. The number of imidazole rings is 1. The Labute approximate surface area is 179 Å². The summed E-state index contributed by atoms with van der Waals surface area (Å²) in [6, 6.07) is 8.25. The van der Waals surface area contributed by atoms with Gasteiger partial charge in [0.1, 0.15) is 0 Å². The zero-order valence-corrected chi connectivity index (χ0v) is 18.6. The van der Waals surface area contributed by atoms with Crippen LogP contribution in [0.15, 0.2) is 48.0 Å². The summed E-state index contributed by atoms with van der Waals surface area (Å²) in [6.45, 7) is 7.87. The van der Waals surface area contributed by atoms with Crippen LogP contribution in [0.3, 0.4) is 0 Å². The fraction of sp³-hybridized carbons (Fsp3) is 0.522. The molecule has 0 spiro atoms. The zero-order valence-electron chi connectivity index (χ0n) is 18.6. The Morgan fingerprint density at radius 3 is 2.90 bits per heavy atom. The Kier molecular flexibility index (Phi) is 7.49. The van der Waals surface area contributed by atoms with Crippen LogP contribution in [0.4, 0.5) is 0 Å². The second-order valence-electron chi connectivity index (χ2n) is 8.17. The molecule has 1 aliphatic rings. The number of guanidine groups is 1. The van der Waals surface area contributed by atoms with Crippen molar-refractivity contribution in [2.75, 3.05) is 40.3 Å². The van der Waals surface area contributed by atoms with Gasteiger partial charge < -0.3 is 19.7 Å². The van der Waals surface area contributed by atoms with Crippen molar-refractivity contribution in [3.63, 3.8) is 0 Å². The highest BCUT2D eigenvalue weighted by molar-refractivity contribution is 5.94. The van der Waals surface area contributed by atoms with Gasteiger partial charge in [0.25, 0.3) is 5.91 Å². The van der Waals surface area contributed by atoms with Gasteiger partial charge in [-0.3, -0.25) is 9.79 Å². The molecule has 162 valence electrons. The lowest BCUT2D eigenvalue weighted by Gasteiger charge is -2.39. The van der Waals surface area contributed by atoms with E-state index in [0.29, 0.717) is 18.5 Å². The van der Waals surface area contributed by atoms with E-state index in [9.17, 15) is 4.79 Å². The topological polar surface area (TPSA) is 65.8 Å². The second kappa shape index (κ2) is 10.3. The first-order valence-electron chi connectivity index (χ1n) is 10.8. The highest BCUT2D eigenvalue weighted by Crippen LogP contribution is 2.27. The minimum Gasteiger partial charge on any atom is -0.357 e. The highest BCUT2D eigenvalue weighted by atomic mass is 16.2. The van der Waals surface area contributed by atoms with Gasteiger partial charge in [0.15, 0.2) is 5.96 Å². The fourth-order valence-corrected chi connectivity index (χ4v) is 3.93. The van der Waals surface area contributed by atoms with E-state index in [1.165, 1.54) is 0 Å². The van der Waals surface area contributed by atoms with Crippen LogP contribution in [0.1, 0.15) is 42.2 Å². The summed E-state index contributed by atoms with van der Waals surface area (Å²) in [4.78, 5) is 25.3. The fourth-order valence-electron chi connectivity index (χ4n) is 3.93. The van der Waals surface area contributed by atoms with E-state index in [1.54, 1.807) is 19.0 Å². The second-order valence-corrected chi connectivity index (χ2v) is 8.17. The molecule has 2 atom stereocenters. The summed E-state index contributed by atoms with van der Waals surface area (Å²) >= 11 is 0. The number of nitrogens with one attached hydrogen (secondary N) is 1. The first-order chi connectivity index (χ1) is 14.5. The van der Waals surface area contributed by atoms with Gasteiger partial charge >= 0.3 is 0 Å². The van der Waals surface area contributed by atoms with Crippen LogP contribution in [-0.2, 0) is 6.42 Å². The van der Waals surface area contributed by atoms with E-state index in [2.05, 4.69) is 45.9 Å². The Bertz CT molecular complexity index is 845. The molecule has 1 N–H and O–H groups in total. The predicted molar refractivity (Wildman–Crippen MR) is 121 cm³/mol. The lowest BCUT2D eigenvalue weighted by molar-refractivity contribution is 0.0827. The van der Waals surface area contributed by atoms with Gasteiger partial charge in [-0.25, -0.2) is 4.98 Å². The molecule has 2 aromatic rings. The van der Waals surface area contributed by atoms with Crippen molar-refractivity contribution in [3.8, 4) is 0 Å². The summed E-state index contributed by atoms with van der Waals surface area (Å²) in [5.74, 6) is 1.60. The average Bonchev–Trinajstić information content (AvgIpc) is 3.28. The number of nitrogens with zero attached hydrogens (tertiary/aromatic N) is 5. The van der Waals surface area contributed by atoms with E-state index in [1.807, 2.05) is 30.7 Å². The lowest BCUT2D eigenvalue weighted by atomic mass is 9.93. The van der Waals surface area contributed by atoms with Crippen LogP contribution in [0.25, 0.3) is 0 Å². The number of piperidine rings is 1. The van der Waals surface area contributed by atoms with Crippen LogP contribution in [0, 0.1) is 5.92 Å². The predicted octanol–water partition coefficient (Wildman–Crippen LogP) is 2.68. The Morgan fingerprint density at radius 1 is 1.37 bits per heavy atom. The van der Waals surface area contributed by atoms with Crippen LogP contribution in [0.2, 0.25) is 0 Å². The van der Waals surface area contributed by atoms with E-state index >= 15 is 0 Å². The van der Waals surface area contributed by atoms with Crippen molar-refractivity contribution in [2.24, 2.45) is 10.9 Å². The summed E-state index contributed by atoms with van der Waals surface area (Å²) < 4.78 is 2.22. The largest absolute Gasteiger partial charge is 0.357 e. The number of hydrogen-bond donors (Lipinski definition) is 1. The number of amides is 1. The van der Waals surface area contributed by atoms with Crippen molar-refractivity contribution in [2.45, 2.75) is 32.7 Å². The van der Waals surface area contributed by atoms with Crippen molar-refractivity contribution in [1.29, 1.82) is 0 Å². The van der Waals surface area contributed by atoms with Gasteiger partial charge in [0, 0.05) is 58.2 Å². The number of hydrogen-bond acceptors (Lipinski definition) is 3. The maximum Gasteiger partial charge on any atom is 0.253 e. The van der Waals surface area contributed by atoms with Gasteiger partial charge in [0.2, 0.25) is 0 Å². The number of carbonyl (C=O) groups is 1. The molecule has 7 nitrogen and oxygen atoms in total. The highest BCUT2D eigenvalue weighted by Gasteiger charge is 2.28. The van der Waals surface area contributed by atoms with Crippen LogP contribution >= 0.6 is 0 Å². The normalized spacial score (nSPS) is 19.6. The molecule has 0 saturated carbocycles. The molecule has 1 amide bonds. The molecule has 1 aromatic carbocycles. The molecule has 1 fully saturated rings. The smallest absolute Gasteiger partial charge is 0.253 e. The first kappa shape index (κ1) is 21.9. The SMILES string of the molecule is CCNC(=NCCc1cccc(C(=O)N(C)C)c1)N1CCC(C)C(n2ccnc2)C1. The van der Waals surface area contributed by atoms with Crippen molar-refractivity contribution in [3.05, 3.63) is 54.1 Å². The third kappa shape index (κ3) is 5.40. The standard InChI is InChI=1S/C23H34N6O/c1-5-25-23(28-13-10-18(2)21(16-28)29-14-12-24-17-29)26-11-9-19-7-6-8-20(15-19)22(30)27(3)4/h6-8,12,14-15,17-18,21H,5,9-11,13,16H2,1-4H3,(H,25,26). The minimum atomic E-state index is 0.0293. The number of aliphatic imine (C=N–C) groups is 1. The minimum absolute atomic E-state index is 0.0293. The zero-order chi connectivity index (χ0) is 21.5. The Morgan fingerprint density at radius 2 is 2.20 bits per heavy atom. The van der Waals surface area contributed by atoms with E-state index < -0.39 is 0 Å². The lowest BCUT2D eigenvalue weighted by Crippen LogP contribution is -2.49.